The molecule has 0 aromatic carbocycles. The predicted molar refractivity (Wildman–Crippen MR) is 153 cm³/mol. The molecule has 0 radical (unpaired) electrons. The zero-order chi connectivity index (χ0) is 29.1. The van der Waals surface area contributed by atoms with Crippen molar-refractivity contribution in [2.75, 3.05) is 48.3 Å². The van der Waals surface area contributed by atoms with Gasteiger partial charge < -0.3 is 42.0 Å². The number of ether oxygens (including phenoxy) is 7. The van der Waals surface area contributed by atoms with Crippen molar-refractivity contribution in [2.24, 2.45) is 0 Å². The third kappa shape index (κ3) is 7.87. The fraction of sp³-hybridized carbons (Fsp3) is 1.00. The first-order valence-corrected chi connectivity index (χ1v) is 19.6. The Morgan fingerprint density at radius 3 is 1.24 bits per heavy atom. The summed E-state index contributed by atoms with van der Waals surface area (Å²) in [4.78, 5) is 0. The topological polar surface area (TPSA) is 83.1 Å². The van der Waals surface area contributed by atoms with E-state index in [2.05, 4.69) is 67.7 Å². The Kier molecular flexibility index (Phi) is 12.1. The SMILES string of the molecule is CO[C@@H]1[C@H](OC)[C@@H](CO[Si](C)(C)C(C)(C)C)O[C@@H]1CO[C@@H]1O[C@H](CO[Si](C)(C)C(C)(C)C)[C@@H](OC)[C@H]1OC. The number of rotatable bonds is 13. The average molecular weight is 581 g/mol. The zero-order valence-corrected chi connectivity index (χ0v) is 28.4. The smallest absolute Gasteiger partial charge is 0.192 e. The fourth-order valence-electron chi connectivity index (χ4n) is 4.34. The second-order valence-corrected chi connectivity index (χ2v) is 23.2. The first-order valence-electron chi connectivity index (χ1n) is 13.8. The molecule has 0 aromatic rings. The highest BCUT2D eigenvalue weighted by Crippen LogP contribution is 2.39. The molecule has 2 saturated heterocycles. The molecule has 2 rings (SSSR count). The number of hydrogen-bond acceptors (Lipinski definition) is 9. The van der Waals surface area contributed by atoms with Gasteiger partial charge in [0.05, 0.1) is 19.8 Å². The normalized spacial score (nSPS) is 33.3. The van der Waals surface area contributed by atoms with Crippen LogP contribution in [0.25, 0.3) is 0 Å². The molecule has 0 saturated carbocycles. The average Bonchev–Trinajstić information content (AvgIpc) is 3.34. The van der Waals surface area contributed by atoms with Crippen molar-refractivity contribution in [3.8, 4) is 0 Å². The van der Waals surface area contributed by atoms with Crippen molar-refractivity contribution in [3.63, 3.8) is 0 Å². The van der Waals surface area contributed by atoms with Gasteiger partial charge >= 0.3 is 0 Å². The van der Waals surface area contributed by atoms with Gasteiger partial charge in [-0.15, -0.1) is 0 Å². The van der Waals surface area contributed by atoms with Crippen LogP contribution < -0.4 is 0 Å². The van der Waals surface area contributed by atoms with Crippen LogP contribution in [0.2, 0.25) is 36.3 Å². The molecular formula is C27H56O9Si2. The second kappa shape index (κ2) is 13.4. The van der Waals surface area contributed by atoms with Gasteiger partial charge in [-0.3, -0.25) is 0 Å². The Morgan fingerprint density at radius 1 is 0.526 bits per heavy atom. The van der Waals surface area contributed by atoms with Crippen LogP contribution in [-0.2, 0) is 42.0 Å². The van der Waals surface area contributed by atoms with Crippen molar-refractivity contribution in [2.45, 2.75) is 127 Å². The summed E-state index contributed by atoms with van der Waals surface area (Å²) in [6.45, 7) is 23.4. The van der Waals surface area contributed by atoms with E-state index in [4.69, 9.17) is 42.0 Å². The van der Waals surface area contributed by atoms with Crippen molar-refractivity contribution in [1.82, 2.24) is 0 Å². The fourth-order valence-corrected chi connectivity index (χ4v) is 6.37. The third-order valence-electron chi connectivity index (χ3n) is 9.02. The van der Waals surface area contributed by atoms with Crippen LogP contribution in [0.3, 0.4) is 0 Å². The van der Waals surface area contributed by atoms with E-state index in [-0.39, 0.29) is 53.3 Å². The molecule has 2 aliphatic heterocycles. The van der Waals surface area contributed by atoms with Crippen molar-refractivity contribution in [1.29, 1.82) is 0 Å². The minimum Gasteiger partial charge on any atom is -0.414 e. The minimum absolute atomic E-state index is 0.0996. The lowest BCUT2D eigenvalue weighted by atomic mass is 10.1. The Balaban J connectivity index is 2.05. The van der Waals surface area contributed by atoms with E-state index in [1.165, 1.54) is 0 Å². The summed E-state index contributed by atoms with van der Waals surface area (Å²) in [7, 11) is 2.77. The quantitative estimate of drug-likeness (QED) is 0.290. The Labute approximate surface area is 233 Å². The molecule has 38 heavy (non-hydrogen) atoms. The van der Waals surface area contributed by atoms with Gasteiger partial charge in [-0.2, -0.15) is 0 Å². The molecule has 0 unspecified atom stereocenters. The van der Waals surface area contributed by atoms with Crippen LogP contribution in [0, 0.1) is 0 Å². The predicted octanol–water partition coefficient (Wildman–Crippen LogP) is 4.60. The van der Waals surface area contributed by atoms with Crippen molar-refractivity contribution >= 4 is 16.6 Å². The minimum atomic E-state index is -1.95. The monoisotopic (exact) mass is 580 g/mol. The standard InChI is InChI=1S/C27H56O9Si2/c1-26(2,3)37(11,12)33-16-19-22(29-8)21(28-7)18(35-19)15-32-25-24(31-10)23(30-9)20(36-25)17-34-38(13,14)27(4,5)6/h18-25H,15-17H2,1-14H3/t18-,19-,20-,21+,22-,23-,24-,25-/m1/s1. The van der Waals surface area contributed by atoms with E-state index in [0.29, 0.717) is 13.2 Å². The molecule has 2 heterocycles. The van der Waals surface area contributed by atoms with Gasteiger partial charge in [0.2, 0.25) is 0 Å². The number of methoxy groups -OCH3 is 4. The molecule has 0 aliphatic carbocycles. The highest BCUT2D eigenvalue weighted by molar-refractivity contribution is 6.74. The van der Waals surface area contributed by atoms with E-state index in [9.17, 15) is 0 Å². The van der Waals surface area contributed by atoms with Crippen LogP contribution in [0.4, 0.5) is 0 Å². The molecule has 9 nitrogen and oxygen atoms in total. The molecule has 226 valence electrons. The zero-order valence-electron chi connectivity index (χ0n) is 26.4. The highest BCUT2D eigenvalue weighted by atomic mass is 28.4. The molecule has 0 bridgehead atoms. The summed E-state index contributed by atoms with van der Waals surface area (Å²) in [5.74, 6) is 0. The van der Waals surface area contributed by atoms with Gasteiger partial charge in [-0.25, -0.2) is 0 Å². The summed E-state index contributed by atoms with van der Waals surface area (Å²) in [6, 6.07) is 0. The maximum Gasteiger partial charge on any atom is 0.192 e. The Bertz CT molecular complexity index is 662. The molecule has 11 heteroatoms. The molecule has 0 amide bonds. The van der Waals surface area contributed by atoms with Crippen LogP contribution >= 0.6 is 0 Å². The summed E-state index contributed by atoms with van der Waals surface area (Å²) in [6.07, 6.45) is -2.80. The lowest BCUT2D eigenvalue weighted by Gasteiger charge is -2.37. The summed E-state index contributed by atoms with van der Waals surface area (Å²) < 4.78 is 55.0. The van der Waals surface area contributed by atoms with Gasteiger partial charge in [0.15, 0.2) is 22.9 Å². The van der Waals surface area contributed by atoms with E-state index in [1.54, 1.807) is 28.4 Å². The molecule has 2 fully saturated rings. The molecular weight excluding hydrogens is 524 g/mol. The molecule has 8 atom stereocenters. The van der Waals surface area contributed by atoms with Gasteiger partial charge in [0.25, 0.3) is 0 Å². The van der Waals surface area contributed by atoms with Gasteiger partial charge in [-0.05, 0) is 36.3 Å². The second-order valence-electron chi connectivity index (χ2n) is 13.5. The largest absolute Gasteiger partial charge is 0.414 e. The third-order valence-corrected chi connectivity index (χ3v) is 18.0. The molecule has 0 aromatic heterocycles. The lowest BCUT2D eigenvalue weighted by Crippen LogP contribution is -2.45. The van der Waals surface area contributed by atoms with Crippen LogP contribution in [0.5, 0.6) is 0 Å². The van der Waals surface area contributed by atoms with Gasteiger partial charge in [0, 0.05) is 28.4 Å². The van der Waals surface area contributed by atoms with E-state index in [0.717, 1.165) is 0 Å². The van der Waals surface area contributed by atoms with E-state index < -0.39 is 29.0 Å². The summed E-state index contributed by atoms with van der Waals surface area (Å²) >= 11 is 0. The first-order chi connectivity index (χ1) is 17.4. The molecule has 0 N–H and O–H groups in total. The van der Waals surface area contributed by atoms with E-state index in [1.807, 2.05) is 0 Å². The van der Waals surface area contributed by atoms with Crippen LogP contribution in [0.1, 0.15) is 41.5 Å². The number of hydrogen-bond donors (Lipinski definition) is 0. The summed E-state index contributed by atoms with van der Waals surface area (Å²) in [5, 5.41) is 0.206. The Morgan fingerprint density at radius 2 is 0.868 bits per heavy atom. The van der Waals surface area contributed by atoms with Crippen molar-refractivity contribution < 1.29 is 42.0 Å². The lowest BCUT2D eigenvalue weighted by molar-refractivity contribution is -0.194. The van der Waals surface area contributed by atoms with Gasteiger partial charge in [0.1, 0.15) is 42.7 Å². The molecule has 2 aliphatic rings. The molecule has 0 spiro atoms. The van der Waals surface area contributed by atoms with E-state index >= 15 is 0 Å². The van der Waals surface area contributed by atoms with Crippen LogP contribution in [-0.4, -0.2) is 114 Å². The van der Waals surface area contributed by atoms with Crippen LogP contribution in [0.15, 0.2) is 0 Å². The maximum absolute atomic E-state index is 6.45. The first kappa shape index (κ1) is 34.3. The summed E-state index contributed by atoms with van der Waals surface area (Å²) in [5.41, 5.74) is 0. The Hall–Kier alpha value is 0.0738. The van der Waals surface area contributed by atoms with Crippen molar-refractivity contribution in [3.05, 3.63) is 0 Å². The maximum atomic E-state index is 6.45. The highest BCUT2D eigenvalue weighted by Gasteiger charge is 2.51. The van der Waals surface area contributed by atoms with Gasteiger partial charge in [-0.1, -0.05) is 41.5 Å².